The highest BCUT2D eigenvalue weighted by molar-refractivity contribution is 14.1. The second-order valence-corrected chi connectivity index (χ2v) is 6.89. The SMILES string of the molecule is CC(C)(C)N(C(=O)O)C(CCI)c1cccc(Cl)c1. The molecule has 0 aliphatic carbocycles. The summed E-state index contributed by atoms with van der Waals surface area (Å²) in [5, 5.41) is 10.2. The molecule has 0 spiro atoms. The highest BCUT2D eigenvalue weighted by atomic mass is 127. The van der Waals surface area contributed by atoms with Gasteiger partial charge in [0.05, 0.1) is 6.04 Å². The molecule has 1 atom stereocenters. The lowest BCUT2D eigenvalue weighted by Gasteiger charge is -2.40. The highest BCUT2D eigenvalue weighted by Gasteiger charge is 2.33. The van der Waals surface area contributed by atoms with E-state index in [2.05, 4.69) is 22.6 Å². The van der Waals surface area contributed by atoms with E-state index >= 15 is 0 Å². The summed E-state index contributed by atoms with van der Waals surface area (Å²) in [4.78, 5) is 13.1. The van der Waals surface area contributed by atoms with Gasteiger partial charge in [0.25, 0.3) is 0 Å². The third-order valence-electron chi connectivity index (χ3n) is 2.86. The molecular weight excluding hydrogens is 377 g/mol. The number of hydrogen-bond acceptors (Lipinski definition) is 1. The molecule has 0 bridgehead atoms. The quantitative estimate of drug-likeness (QED) is 0.576. The molecule has 0 saturated carbocycles. The molecular formula is C14H19ClINO2. The second-order valence-electron chi connectivity index (χ2n) is 5.37. The average Bonchev–Trinajstić information content (AvgIpc) is 2.26. The van der Waals surface area contributed by atoms with Crippen molar-refractivity contribution in [2.24, 2.45) is 0 Å². The van der Waals surface area contributed by atoms with Crippen LogP contribution in [-0.2, 0) is 0 Å². The summed E-state index contributed by atoms with van der Waals surface area (Å²) in [5.74, 6) is 0. The molecule has 1 unspecified atom stereocenters. The smallest absolute Gasteiger partial charge is 0.408 e. The van der Waals surface area contributed by atoms with Crippen LogP contribution in [0.3, 0.4) is 0 Å². The van der Waals surface area contributed by atoms with Gasteiger partial charge < -0.3 is 5.11 Å². The summed E-state index contributed by atoms with van der Waals surface area (Å²) in [5.41, 5.74) is 0.492. The van der Waals surface area contributed by atoms with Crippen LogP contribution in [0.1, 0.15) is 38.8 Å². The van der Waals surface area contributed by atoms with Gasteiger partial charge in [0.1, 0.15) is 0 Å². The Kier molecular flexibility index (Phi) is 5.92. The number of carbonyl (C=O) groups is 1. The highest BCUT2D eigenvalue weighted by Crippen LogP contribution is 2.32. The van der Waals surface area contributed by atoms with Gasteiger partial charge in [0.2, 0.25) is 0 Å². The topological polar surface area (TPSA) is 40.5 Å². The number of carboxylic acid groups (broad SMARTS) is 1. The zero-order chi connectivity index (χ0) is 14.6. The maximum absolute atomic E-state index is 11.6. The Morgan fingerprint density at radius 2 is 2.11 bits per heavy atom. The van der Waals surface area contributed by atoms with Crippen LogP contribution < -0.4 is 0 Å². The van der Waals surface area contributed by atoms with Gasteiger partial charge in [-0.15, -0.1) is 0 Å². The number of alkyl halides is 1. The Bertz CT molecular complexity index is 445. The summed E-state index contributed by atoms with van der Waals surface area (Å²) in [6, 6.07) is 7.27. The minimum atomic E-state index is -0.901. The van der Waals surface area contributed by atoms with E-state index in [1.165, 1.54) is 4.90 Å². The van der Waals surface area contributed by atoms with Crippen molar-refractivity contribution in [2.45, 2.75) is 38.8 Å². The summed E-state index contributed by atoms with van der Waals surface area (Å²) >= 11 is 8.29. The molecule has 0 aliphatic heterocycles. The molecule has 0 aliphatic rings. The largest absolute Gasteiger partial charge is 0.465 e. The van der Waals surface area contributed by atoms with Gasteiger partial charge in [-0.05, 0) is 44.9 Å². The van der Waals surface area contributed by atoms with E-state index in [0.29, 0.717) is 5.02 Å². The second kappa shape index (κ2) is 6.79. The Morgan fingerprint density at radius 3 is 2.53 bits per heavy atom. The Hall–Kier alpha value is -0.490. The van der Waals surface area contributed by atoms with Crippen LogP contribution in [0.2, 0.25) is 5.02 Å². The van der Waals surface area contributed by atoms with Gasteiger partial charge in [0.15, 0.2) is 0 Å². The van der Waals surface area contributed by atoms with Crippen molar-refractivity contribution in [1.29, 1.82) is 0 Å². The number of rotatable bonds is 4. The van der Waals surface area contributed by atoms with Crippen molar-refractivity contribution in [3.8, 4) is 0 Å². The van der Waals surface area contributed by atoms with Crippen molar-refractivity contribution in [1.82, 2.24) is 4.90 Å². The summed E-state index contributed by atoms with van der Waals surface area (Å²) in [6.45, 7) is 5.73. The zero-order valence-electron chi connectivity index (χ0n) is 11.4. The van der Waals surface area contributed by atoms with Gasteiger partial charge in [-0.1, -0.05) is 46.3 Å². The maximum atomic E-state index is 11.6. The maximum Gasteiger partial charge on any atom is 0.408 e. The van der Waals surface area contributed by atoms with Crippen LogP contribution in [-0.4, -0.2) is 26.1 Å². The van der Waals surface area contributed by atoms with Crippen molar-refractivity contribution in [3.05, 3.63) is 34.9 Å². The molecule has 1 aromatic rings. The molecule has 1 aromatic carbocycles. The molecule has 0 radical (unpaired) electrons. The van der Waals surface area contributed by atoms with E-state index in [9.17, 15) is 9.90 Å². The molecule has 1 amide bonds. The normalized spacial score (nSPS) is 13.1. The first-order valence-corrected chi connectivity index (χ1v) is 8.01. The van der Waals surface area contributed by atoms with Gasteiger partial charge in [0, 0.05) is 15.0 Å². The van der Waals surface area contributed by atoms with Crippen LogP contribution in [0.5, 0.6) is 0 Å². The number of amides is 1. The van der Waals surface area contributed by atoms with Crippen molar-refractivity contribution >= 4 is 40.3 Å². The Labute approximate surface area is 133 Å². The van der Waals surface area contributed by atoms with E-state index in [0.717, 1.165) is 16.4 Å². The van der Waals surface area contributed by atoms with Crippen molar-refractivity contribution < 1.29 is 9.90 Å². The first-order chi connectivity index (χ1) is 8.77. The molecule has 3 nitrogen and oxygen atoms in total. The average molecular weight is 396 g/mol. The fourth-order valence-corrected chi connectivity index (χ4v) is 2.94. The molecule has 106 valence electrons. The Morgan fingerprint density at radius 1 is 1.47 bits per heavy atom. The first-order valence-electron chi connectivity index (χ1n) is 6.11. The summed E-state index contributed by atoms with van der Waals surface area (Å²) in [6.07, 6.45) is -0.132. The minimum absolute atomic E-state index is 0.173. The number of benzene rings is 1. The van der Waals surface area contributed by atoms with E-state index in [1.54, 1.807) is 6.07 Å². The van der Waals surface area contributed by atoms with Crippen LogP contribution >= 0.6 is 34.2 Å². The molecule has 0 fully saturated rings. The third kappa shape index (κ3) is 4.53. The van der Waals surface area contributed by atoms with Gasteiger partial charge in [-0.2, -0.15) is 0 Å². The number of hydrogen-bond donors (Lipinski definition) is 1. The lowest BCUT2D eigenvalue weighted by molar-refractivity contribution is 0.0688. The molecule has 1 rings (SSSR count). The van der Waals surface area contributed by atoms with Crippen LogP contribution in [0.25, 0.3) is 0 Å². The lowest BCUT2D eigenvalue weighted by atomic mass is 9.97. The molecule has 19 heavy (non-hydrogen) atoms. The van der Waals surface area contributed by atoms with E-state index in [1.807, 2.05) is 39.0 Å². The molecule has 1 N–H and O–H groups in total. The van der Waals surface area contributed by atoms with Crippen LogP contribution in [0.4, 0.5) is 4.79 Å². The molecule has 0 aromatic heterocycles. The summed E-state index contributed by atoms with van der Waals surface area (Å²) in [7, 11) is 0. The monoisotopic (exact) mass is 395 g/mol. The van der Waals surface area contributed by atoms with E-state index < -0.39 is 11.6 Å². The molecule has 0 heterocycles. The lowest BCUT2D eigenvalue weighted by Crippen LogP contribution is -2.47. The van der Waals surface area contributed by atoms with Crippen molar-refractivity contribution in [2.75, 3.05) is 4.43 Å². The third-order valence-corrected chi connectivity index (χ3v) is 3.71. The fraction of sp³-hybridized carbons (Fsp3) is 0.500. The Balaban J connectivity index is 3.21. The number of halogens is 2. The zero-order valence-corrected chi connectivity index (χ0v) is 14.3. The minimum Gasteiger partial charge on any atom is -0.465 e. The van der Waals surface area contributed by atoms with E-state index in [4.69, 9.17) is 11.6 Å². The number of nitrogens with zero attached hydrogens (tertiary/aromatic N) is 1. The van der Waals surface area contributed by atoms with Gasteiger partial charge in [-0.3, -0.25) is 4.90 Å². The van der Waals surface area contributed by atoms with Crippen molar-refractivity contribution in [3.63, 3.8) is 0 Å². The van der Waals surface area contributed by atoms with Gasteiger partial charge >= 0.3 is 6.09 Å². The molecule has 5 heteroatoms. The first kappa shape index (κ1) is 16.6. The fourth-order valence-electron chi connectivity index (χ4n) is 2.15. The van der Waals surface area contributed by atoms with Gasteiger partial charge in [-0.25, -0.2) is 4.79 Å². The predicted molar refractivity (Wildman–Crippen MR) is 87.3 cm³/mol. The molecule has 0 saturated heterocycles. The van der Waals surface area contributed by atoms with Crippen LogP contribution in [0, 0.1) is 0 Å². The summed E-state index contributed by atoms with van der Waals surface area (Å²) < 4.78 is 0.884. The standard InChI is InChI=1S/C14H19ClINO2/c1-14(2,3)17(13(18)19)12(7-8-16)10-5-4-6-11(15)9-10/h4-6,9,12H,7-8H2,1-3H3,(H,18,19). The predicted octanol–water partition coefficient (Wildman–Crippen LogP) is 4.98. The van der Waals surface area contributed by atoms with Crippen LogP contribution in [0.15, 0.2) is 24.3 Å². The van der Waals surface area contributed by atoms with E-state index in [-0.39, 0.29) is 6.04 Å².